The Morgan fingerprint density at radius 2 is 1.95 bits per heavy atom. The molecule has 0 aliphatic heterocycles. The second-order valence-corrected chi connectivity index (χ2v) is 5.62. The van der Waals surface area contributed by atoms with E-state index in [1.807, 2.05) is 36.4 Å². The van der Waals surface area contributed by atoms with Gasteiger partial charge in [0.05, 0.1) is 10.2 Å². The third kappa shape index (κ3) is 2.18. The van der Waals surface area contributed by atoms with Gasteiger partial charge in [-0.1, -0.05) is 53.9 Å². The zero-order valence-electron chi connectivity index (χ0n) is 9.96. The third-order valence-corrected chi connectivity index (χ3v) is 4.06. The van der Waals surface area contributed by atoms with Crippen LogP contribution in [0.1, 0.15) is 5.56 Å². The summed E-state index contributed by atoms with van der Waals surface area (Å²) in [6.45, 7) is 0. The Balaban J connectivity index is 2.24. The standard InChI is InChI=1S/C14H11N3S2/c15-13(18)9-4-1-3-8(7-9)10-5-2-6-11-12(10)19-14(16)17-11/h1-7H,(H2,15,18)(H2,16,17). The van der Waals surface area contributed by atoms with E-state index in [2.05, 4.69) is 11.1 Å². The van der Waals surface area contributed by atoms with Gasteiger partial charge < -0.3 is 11.5 Å². The molecule has 3 rings (SSSR count). The maximum Gasteiger partial charge on any atom is 0.181 e. The van der Waals surface area contributed by atoms with Crippen molar-refractivity contribution < 1.29 is 0 Å². The molecule has 2 aromatic carbocycles. The lowest BCUT2D eigenvalue weighted by molar-refractivity contribution is 1.49. The minimum atomic E-state index is 0.401. The van der Waals surface area contributed by atoms with Crippen molar-refractivity contribution in [1.29, 1.82) is 0 Å². The Morgan fingerprint density at radius 3 is 2.74 bits per heavy atom. The van der Waals surface area contributed by atoms with Gasteiger partial charge in [-0.05, 0) is 17.7 Å². The molecule has 0 atom stereocenters. The molecule has 4 N–H and O–H groups in total. The first-order valence-corrected chi connectivity index (χ1v) is 6.93. The number of hydrogen-bond acceptors (Lipinski definition) is 4. The fraction of sp³-hybridized carbons (Fsp3) is 0. The van der Waals surface area contributed by atoms with Gasteiger partial charge in [0.1, 0.15) is 4.99 Å². The van der Waals surface area contributed by atoms with E-state index in [0.717, 1.165) is 26.9 Å². The van der Waals surface area contributed by atoms with Crippen molar-refractivity contribution >= 4 is 43.9 Å². The topological polar surface area (TPSA) is 64.9 Å². The SMILES string of the molecule is NC(=S)c1cccc(-c2cccc3nc(N)sc23)c1. The summed E-state index contributed by atoms with van der Waals surface area (Å²) in [5.74, 6) is 0. The molecule has 0 unspecified atom stereocenters. The number of hydrogen-bond donors (Lipinski definition) is 2. The molecule has 5 heteroatoms. The largest absolute Gasteiger partial charge is 0.389 e. The average Bonchev–Trinajstić information content (AvgIpc) is 2.78. The Labute approximate surface area is 119 Å². The Bertz CT molecular complexity index is 777. The highest BCUT2D eigenvalue weighted by Gasteiger charge is 2.09. The van der Waals surface area contributed by atoms with Crippen molar-refractivity contribution in [3.05, 3.63) is 48.0 Å². The predicted octanol–water partition coefficient (Wildman–Crippen LogP) is 3.18. The fourth-order valence-corrected chi connectivity index (χ4v) is 3.03. The van der Waals surface area contributed by atoms with Gasteiger partial charge in [-0.3, -0.25) is 0 Å². The molecule has 1 aromatic heterocycles. The number of nitrogens with two attached hydrogens (primary N) is 2. The minimum absolute atomic E-state index is 0.401. The van der Waals surface area contributed by atoms with Crippen LogP contribution in [0.25, 0.3) is 21.3 Å². The highest BCUT2D eigenvalue weighted by atomic mass is 32.1. The second-order valence-electron chi connectivity index (χ2n) is 4.15. The number of anilines is 1. The molecule has 0 amide bonds. The van der Waals surface area contributed by atoms with E-state index in [1.54, 1.807) is 0 Å². The monoisotopic (exact) mass is 285 g/mol. The van der Waals surface area contributed by atoms with Crippen LogP contribution < -0.4 is 11.5 Å². The average molecular weight is 285 g/mol. The number of rotatable bonds is 2. The van der Waals surface area contributed by atoms with Gasteiger partial charge in [0.25, 0.3) is 0 Å². The van der Waals surface area contributed by atoms with Crippen molar-refractivity contribution in [2.24, 2.45) is 5.73 Å². The van der Waals surface area contributed by atoms with E-state index in [0.29, 0.717) is 10.1 Å². The summed E-state index contributed by atoms with van der Waals surface area (Å²) < 4.78 is 1.08. The number of aromatic nitrogens is 1. The molecule has 19 heavy (non-hydrogen) atoms. The van der Waals surface area contributed by atoms with Crippen LogP contribution in [0.2, 0.25) is 0 Å². The smallest absolute Gasteiger partial charge is 0.181 e. The van der Waals surface area contributed by atoms with Crippen LogP contribution in [-0.4, -0.2) is 9.97 Å². The maximum atomic E-state index is 5.78. The highest BCUT2D eigenvalue weighted by Crippen LogP contribution is 2.34. The predicted molar refractivity (Wildman–Crippen MR) is 85.4 cm³/mol. The van der Waals surface area contributed by atoms with Crippen LogP contribution >= 0.6 is 23.6 Å². The summed E-state index contributed by atoms with van der Waals surface area (Å²) in [6, 6.07) is 13.9. The van der Waals surface area contributed by atoms with Crippen molar-refractivity contribution in [2.45, 2.75) is 0 Å². The van der Waals surface area contributed by atoms with Crippen molar-refractivity contribution in [1.82, 2.24) is 4.98 Å². The van der Waals surface area contributed by atoms with Crippen LogP contribution in [0.4, 0.5) is 5.13 Å². The van der Waals surface area contributed by atoms with Crippen molar-refractivity contribution in [2.75, 3.05) is 5.73 Å². The van der Waals surface area contributed by atoms with Crippen LogP contribution in [0.3, 0.4) is 0 Å². The zero-order valence-corrected chi connectivity index (χ0v) is 11.6. The van der Waals surface area contributed by atoms with Gasteiger partial charge >= 0.3 is 0 Å². The first kappa shape index (κ1) is 12.1. The molecule has 94 valence electrons. The molecule has 0 saturated carbocycles. The fourth-order valence-electron chi connectivity index (χ4n) is 2.03. The van der Waals surface area contributed by atoms with E-state index in [9.17, 15) is 0 Å². The minimum Gasteiger partial charge on any atom is -0.389 e. The number of fused-ring (bicyclic) bond motifs is 1. The first-order valence-electron chi connectivity index (χ1n) is 5.70. The molecule has 0 bridgehead atoms. The van der Waals surface area contributed by atoms with Crippen LogP contribution in [0.15, 0.2) is 42.5 Å². The normalized spacial score (nSPS) is 10.7. The van der Waals surface area contributed by atoms with Crippen LogP contribution in [-0.2, 0) is 0 Å². The summed E-state index contributed by atoms with van der Waals surface area (Å²) >= 11 is 6.51. The van der Waals surface area contributed by atoms with Crippen molar-refractivity contribution in [3.63, 3.8) is 0 Å². The van der Waals surface area contributed by atoms with E-state index in [4.69, 9.17) is 23.7 Å². The number of thiazole rings is 1. The molecule has 1 heterocycles. The summed E-state index contributed by atoms with van der Waals surface area (Å²) in [5, 5.41) is 0.577. The van der Waals surface area contributed by atoms with Crippen molar-refractivity contribution in [3.8, 4) is 11.1 Å². The van der Waals surface area contributed by atoms with Gasteiger partial charge in [-0.25, -0.2) is 4.98 Å². The maximum absolute atomic E-state index is 5.78. The molecule has 3 nitrogen and oxygen atoms in total. The second kappa shape index (κ2) is 4.60. The van der Waals surface area contributed by atoms with E-state index >= 15 is 0 Å². The molecule has 0 radical (unpaired) electrons. The molecular weight excluding hydrogens is 274 g/mol. The Morgan fingerprint density at radius 1 is 1.16 bits per heavy atom. The highest BCUT2D eigenvalue weighted by molar-refractivity contribution is 7.80. The number of nitrogens with zero attached hydrogens (tertiary/aromatic N) is 1. The Kier molecular flexibility index (Phi) is 2.93. The third-order valence-electron chi connectivity index (χ3n) is 2.89. The summed E-state index contributed by atoms with van der Waals surface area (Å²) in [4.78, 5) is 4.70. The molecule has 3 aromatic rings. The Hall–Kier alpha value is -1.98. The molecule has 0 spiro atoms. The molecule has 0 saturated heterocycles. The van der Waals surface area contributed by atoms with E-state index in [-0.39, 0.29) is 0 Å². The summed E-state index contributed by atoms with van der Waals surface area (Å²) in [6.07, 6.45) is 0. The summed E-state index contributed by atoms with van der Waals surface area (Å²) in [5.41, 5.74) is 15.4. The lowest BCUT2D eigenvalue weighted by atomic mass is 10.0. The van der Waals surface area contributed by atoms with Gasteiger partial charge in [0.15, 0.2) is 5.13 Å². The van der Waals surface area contributed by atoms with Gasteiger partial charge in [-0.15, -0.1) is 0 Å². The lowest BCUT2D eigenvalue weighted by Crippen LogP contribution is -2.08. The lowest BCUT2D eigenvalue weighted by Gasteiger charge is -2.05. The quantitative estimate of drug-likeness (QED) is 0.710. The van der Waals surface area contributed by atoms with E-state index < -0.39 is 0 Å². The van der Waals surface area contributed by atoms with E-state index in [1.165, 1.54) is 11.3 Å². The number of thiocarbonyl (C=S) groups is 1. The van der Waals surface area contributed by atoms with Gasteiger partial charge in [0.2, 0.25) is 0 Å². The van der Waals surface area contributed by atoms with Gasteiger partial charge in [-0.2, -0.15) is 0 Å². The molecule has 0 fully saturated rings. The molecule has 0 aliphatic rings. The number of nitrogen functional groups attached to an aromatic ring is 1. The molecular formula is C14H11N3S2. The zero-order chi connectivity index (χ0) is 13.4. The van der Waals surface area contributed by atoms with Gasteiger partial charge in [0, 0.05) is 11.1 Å². The molecule has 0 aliphatic carbocycles. The van der Waals surface area contributed by atoms with Crippen LogP contribution in [0, 0.1) is 0 Å². The summed E-state index contributed by atoms with van der Waals surface area (Å²) in [7, 11) is 0. The van der Waals surface area contributed by atoms with Crippen LogP contribution in [0.5, 0.6) is 0 Å². The number of benzene rings is 2. The first-order chi connectivity index (χ1) is 9.15.